The second-order valence-electron chi connectivity index (χ2n) is 5.56. The van der Waals surface area contributed by atoms with E-state index in [9.17, 15) is 0 Å². The molecule has 20 heavy (non-hydrogen) atoms. The summed E-state index contributed by atoms with van der Waals surface area (Å²) in [4.78, 5) is 6.69. The predicted octanol–water partition coefficient (Wildman–Crippen LogP) is 1.52. The Balaban J connectivity index is 1.94. The molecule has 0 saturated heterocycles. The molecule has 1 aromatic heterocycles. The Morgan fingerprint density at radius 1 is 1.40 bits per heavy atom. The number of aromatic nitrogens is 2. The van der Waals surface area contributed by atoms with Crippen molar-refractivity contribution in [3.05, 3.63) is 11.7 Å². The van der Waals surface area contributed by atoms with Crippen LogP contribution < -0.4 is 5.73 Å². The summed E-state index contributed by atoms with van der Waals surface area (Å²) in [6.07, 6.45) is 4.02. The van der Waals surface area contributed by atoms with E-state index in [0.717, 1.165) is 32.5 Å². The SMILES string of the molecule is CCN(CC)CC(N)c1noc(CC2(OC)CCC2)n1. The van der Waals surface area contributed by atoms with Crippen LogP contribution in [0.2, 0.25) is 0 Å². The van der Waals surface area contributed by atoms with Crippen molar-refractivity contribution in [1.82, 2.24) is 15.0 Å². The molecular weight excluding hydrogens is 256 g/mol. The molecule has 114 valence electrons. The third kappa shape index (κ3) is 3.37. The van der Waals surface area contributed by atoms with Crippen molar-refractivity contribution in [3.63, 3.8) is 0 Å². The quantitative estimate of drug-likeness (QED) is 0.779. The molecule has 1 heterocycles. The predicted molar refractivity (Wildman–Crippen MR) is 76.3 cm³/mol. The van der Waals surface area contributed by atoms with Gasteiger partial charge in [-0.1, -0.05) is 19.0 Å². The molecule has 1 atom stereocenters. The van der Waals surface area contributed by atoms with E-state index in [2.05, 4.69) is 28.9 Å². The number of nitrogens with two attached hydrogens (primary N) is 1. The van der Waals surface area contributed by atoms with Crippen LogP contribution in [-0.2, 0) is 11.2 Å². The third-order valence-electron chi connectivity index (χ3n) is 4.34. The van der Waals surface area contributed by atoms with Crippen LogP contribution in [0.15, 0.2) is 4.52 Å². The fourth-order valence-electron chi connectivity index (χ4n) is 2.63. The summed E-state index contributed by atoms with van der Waals surface area (Å²) in [6, 6.07) is -0.202. The minimum Gasteiger partial charge on any atom is -0.378 e. The first-order valence-electron chi connectivity index (χ1n) is 7.48. The van der Waals surface area contributed by atoms with Crippen molar-refractivity contribution in [2.45, 2.75) is 51.2 Å². The molecule has 6 heteroatoms. The summed E-state index contributed by atoms with van der Waals surface area (Å²) in [5, 5.41) is 4.02. The molecule has 0 aromatic carbocycles. The maximum atomic E-state index is 6.15. The number of likely N-dealkylation sites (N-methyl/N-ethyl adjacent to an activating group) is 1. The van der Waals surface area contributed by atoms with Crippen molar-refractivity contribution in [3.8, 4) is 0 Å². The van der Waals surface area contributed by atoms with Crippen LogP contribution in [0.3, 0.4) is 0 Å². The first kappa shape index (κ1) is 15.4. The van der Waals surface area contributed by atoms with Crippen LogP contribution in [0.5, 0.6) is 0 Å². The number of hydrogen-bond donors (Lipinski definition) is 1. The highest BCUT2D eigenvalue weighted by molar-refractivity contribution is 5.01. The lowest BCUT2D eigenvalue weighted by atomic mass is 9.77. The van der Waals surface area contributed by atoms with Gasteiger partial charge in [-0.2, -0.15) is 4.98 Å². The Morgan fingerprint density at radius 2 is 2.10 bits per heavy atom. The average molecular weight is 282 g/mol. The molecule has 1 aromatic rings. The highest BCUT2D eigenvalue weighted by Gasteiger charge is 2.39. The van der Waals surface area contributed by atoms with E-state index in [0.29, 0.717) is 18.1 Å². The maximum Gasteiger partial charge on any atom is 0.229 e. The number of methoxy groups -OCH3 is 1. The van der Waals surface area contributed by atoms with Gasteiger partial charge in [-0.15, -0.1) is 0 Å². The molecule has 2 N–H and O–H groups in total. The van der Waals surface area contributed by atoms with Gasteiger partial charge >= 0.3 is 0 Å². The zero-order valence-electron chi connectivity index (χ0n) is 12.8. The summed E-state index contributed by atoms with van der Waals surface area (Å²) >= 11 is 0. The maximum absolute atomic E-state index is 6.15. The second kappa shape index (κ2) is 6.65. The molecule has 0 radical (unpaired) electrons. The summed E-state index contributed by atoms with van der Waals surface area (Å²) < 4.78 is 10.9. The molecule has 1 aliphatic carbocycles. The van der Waals surface area contributed by atoms with Crippen molar-refractivity contribution >= 4 is 0 Å². The van der Waals surface area contributed by atoms with E-state index in [1.165, 1.54) is 6.42 Å². The van der Waals surface area contributed by atoms with Gasteiger partial charge in [-0.3, -0.25) is 0 Å². The van der Waals surface area contributed by atoms with Crippen LogP contribution in [0.25, 0.3) is 0 Å². The van der Waals surface area contributed by atoms with Crippen LogP contribution in [0.1, 0.15) is 50.9 Å². The van der Waals surface area contributed by atoms with Crippen molar-refractivity contribution in [1.29, 1.82) is 0 Å². The average Bonchev–Trinajstić information content (AvgIpc) is 2.88. The van der Waals surface area contributed by atoms with Gasteiger partial charge in [0.05, 0.1) is 18.1 Å². The van der Waals surface area contributed by atoms with E-state index < -0.39 is 0 Å². The summed E-state index contributed by atoms with van der Waals surface area (Å²) in [6.45, 7) is 6.94. The smallest absolute Gasteiger partial charge is 0.229 e. The van der Waals surface area contributed by atoms with Gasteiger partial charge in [0.15, 0.2) is 5.82 Å². The molecule has 0 bridgehead atoms. The largest absolute Gasteiger partial charge is 0.378 e. The lowest BCUT2D eigenvalue weighted by molar-refractivity contribution is -0.0751. The van der Waals surface area contributed by atoms with E-state index in [4.69, 9.17) is 15.0 Å². The van der Waals surface area contributed by atoms with Gasteiger partial charge in [-0.25, -0.2) is 0 Å². The Kier molecular flexibility index (Phi) is 5.12. The normalized spacial score (nSPS) is 19.1. The number of nitrogens with zero attached hydrogens (tertiary/aromatic N) is 3. The summed E-state index contributed by atoms with van der Waals surface area (Å²) in [5.74, 6) is 1.23. The summed E-state index contributed by atoms with van der Waals surface area (Å²) in [5.41, 5.74) is 6.05. The molecule has 1 unspecified atom stereocenters. The molecule has 0 aliphatic heterocycles. The summed E-state index contributed by atoms with van der Waals surface area (Å²) in [7, 11) is 1.75. The van der Waals surface area contributed by atoms with Crippen molar-refractivity contribution < 1.29 is 9.26 Å². The molecule has 0 spiro atoms. The van der Waals surface area contributed by atoms with Crippen molar-refractivity contribution in [2.75, 3.05) is 26.7 Å². The Morgan fingerprint density at radius 3 is 2.60 bits per heavy atom. The van der Waals surface area contributed by atoms with Crippen LogP contribution in [0.4, 0.5) is 0 Å². The van der Waals surface area contributed by atoms with Gasteiger partial charge in [0, 0.05) is 13.7 Å². The molecule has 2 rings (SSSR count). The van der Waals surface area contributed by atoms with Gasteiger partial charge in [-0.05, 0) is 32.4 Å². The monoisotopic (exact) mass is 282 g/mol. The number of rotatable bonds is 8. The molecule has 1 saturated carbocycles. The Labute approximate surface area is 120 Å². The standard InChI is InChI=1S/C14H26N4O2/c1-4-18(5-2)10-11(15)13-16-12(20-17-13)9-14(19-3)7-6-8-14/h11H,4-10,15H2,1-3H3. The number of hydrogen-bond acceptors (Lipinski definition) is 6. The van der Waals surface area contributed by atoms with Crippen molar-refractivity contribution in [2.24, 2.45) is 5.73 Å². The Bertz CT molecular complexity index is 408. The molecule has 6 nitrogen and oxygen atoms in total. The number of ether oxygens (including phenoxy) is 1. The first-order valence-corrected chi connectivity index (χ1v) is 7.48. The molecule has 1 fully saturated rings. The third-order valence-corrected chi connectivity index (χ3v) is 4.34. The van der Waals surface area contributed by atoms with Gasteiger partial charge in [0.25, 0.3) is 0 Å². The lowest BCUT2D eigenvalue weighted by Gasteiger charge is -2.39. The van der Waals surface area contributed by atoms with E-state index in [-0.39, 0.29) is 11.6 Å². The highest BCUT2D eigenvalue weighted by atomic mass is 16.5. The van der Waals surface area contributed by atoms with E-state index >= 15 is 0 Å². The highest BCUT2D eigenvalue weighted by Crippen LogP contribution is 2.37. The van der Waals surface area contributed by atoms with E-state index in [1.807, 2.05) is 0 Å². The molecular formula is C14H26N4O2. The topological polar surface area (TPSA) is 77.4 Å². The minimum atomic E-state index is -0.202. The second-order valence-corrected chi connectivity index (χ2v) is 5.56. The van der Waals surface area contributed by atoms with Crippen LogP contribution in [-0.4, -0.2) is 47.4 Å². The first-order chi connectivity index (χ1) is 9.62. The van der Waals surface area contributed by atoms with Gasteiger partial charge < -0.3 is 19.9 Å². The minimum absolute atomic E-state index is 0.0905. The van der Waals surface area contributed by atoms with Gasteiger partial charge in [0.2, 0.25) is 5.89 Å². The zero-order valence-corrected chi connectivity index (χ0v) is 12.8. The fraction of sp³-hybridized carbons (Fsp3) is 0.857. The fourth-order valence-corrected chi connectivity index (χ4v) is 2.63. The van der Waals surface area contributed by atoms with Gasteiger partial charge in [0.1, 0.15) is 0 Å². The molecule has 0 amide bonds. The van der Waals surface area contributed by atoms with Crippen LogP contribution in [0, 0.1) is 0 Å². The van der Waals surface area contributed by atoms with E-state index in [1.54, 1.807) is 7.11 Å². The lowest BCUT2D eigenvalue weighted by Crippen LogP contribution is -2.41. The van der Waals surface area contributed by atoms with Crippen LogP contribution >= 0.6 is 0 Å². The zero-order chi connectivity index (χ0) is 14.6. The Hall–Kier alpha value is -0.980. The molecule has 1 aliphatic rings.